The standard InChI is InChI=1S/C22H20ClN/c1-15-12-18-5-4-16(10-11-22(2,3)24)14-21(18)20(13-15)17-6-8-19(23)9-7-17/h4-9,12-14H,24H2,1-3H3. The van der Waals surface area contributed by atoms with Crippen molar-refractivity contribution in [2.24, 2.45) is 5.73 Å². The number of benzene rings is 3. The largest absolute Gasteiger partial charge is 0.316 e. The molecule has 0 aliphatic heterocycles. The number of halogens is 1. The second kappa shape index (κ2) is 6.32. The highest BCUT2D eigenvalue weighted by Gasteiger charge is 2.07. The van der Waals surface area contributed by atoms with E-state index in [4.69, 9.17) is 17.3 Å². The molecule has 3 aromatic carbocycles. The van der Waals surface area contributed by atoms with E-state index in [2.05, 4.69) is 55.2 Å². The Hall–Kier alpha value is -2.27. The van der Waals surface area contributed by atoms with Crippen molar-refractivity contribution in [3.63, 3.8) is 0 Å². The summed E-state index contributed by atoms with van der Waals surface area (Å²) in [6, 6.07) is 18.7. The van der Waals surface area contributed by atoms with Crippen LogP contribution in [0.25, 0.3) is 21.9 Å². The summed E-state index contributed by atoms with van der Waals surface area (Å²) in [5.41, 5.74) is 10.0. The minimum Gasteiger partial charge on any atom is -0.316 e. The highest BCUT2D eigenvalue weighted by molar-refractivity contribution is 6.30. The summed E-state index contributed by atoms with van der Waals surface area (Å²) in [6.07, 6.45) is 0. The Labute approximate surface area is 148 Å². The molecule has 0 fully saturated rings. The van der Waals surface area contributed by atoms with Crippen LogP contribution in [0.4, 0.5) is 0 Å². The second-order valence-corrected chi connectivity index (χ2v) is 7.16. The third-order valence-corrected chi connectivity index (χ3v) is 4.03. The first-order valence-corrected chi connectivity index (χ1v) is 8.32. The first kappa shape index (κ1) is 16.6. The van der Waals surface area contributed by atoms with Gasteiger partial charge in [0.1, 0.15) is 0 Å². The van der Waals surface area contributed by atoms with Crippen molar-refractivity contribution in [1.29, 1.82) is 0 Å². The maximum atomic E-state index is 6.03. The van der Waals surface area contributed by atoms with Crippen molar-refractivity contribution < 1.29 is 0 Å². The van der Waals surface area contributed by atoms with E-state index < -0.39 is 5.54 Å². The van der Waals surface area contributed by atoms with E-state index in [0.717, 1.165) is 16.1 Å². The molecule has 1 nitrogen and oxygen atoms in total. The summed E-state index contributed by atoms with van der Waals surface area (Å²) in [7, 11) is 0. The summed E-state index contributed by atoms with van der Waals surface area (Å²) in [5, 5.41) is 3.13. The zero-order valence-corrected chi connectivity index (χ0v) is 14.9. The Morgan fingerprint density at radius 1 is 0.958 bits per heavy atom. The van der Waals surface area contributed by atoms with Crippen LogP contribution < -0.4 is 5.73 Å². The zero-order valence-electron chi connectivity index (χ0n) is 14.2. The van der Waals surface area contributed by atoms with E-state index in [-0.39, 0.29) is 0 Å². The van der Waals surface area contributed by atoms with E-state index in [9.17, 15) is 0 Å². The Bertz CT molecular complexity index is 951. The van der Waals surface area contributed by atoms with Gasteiger partial charge in [-0.15, -0.1) is 0 Å². The molecule has 0 radical (unpaired) electrons. The van der Waals surface area contributed by atoms with Gasteiger partial charge in [0.25, 0.3) is 0 Å². The number of nitrogens with two attached hydrogens (primary N) is 1. The van der Waals surface area contributed by atoms with Crippen molar-refractivity contribution in [3.05, 3.63) is 70.7 Å². The molecular formula is C22H20ClN. The molecule has 24 heavy (non-hydrogen) atoms. The minimum absolute atomic E-state index is 0.499. The molecule has 0 atom stereocenters. The third-order valence-electron chi connectivity index (χ3n) is 3.78. The first-order valence-electron chi connectivity index (χ1n) is 7.94. The van der Waals surface area contributed by atoms with Gasteiger partial charge in [-0.25, -0.2) is 0 Å². The van der Waals surface area contributed by atoms with Gasteiger partial charge in [0, 0.05) is 10.6 Å². The van der Waals surface area contributed by atoms with E-state index in [1.807, 2.05) is 32.0 Å². The SMILES string of the molecule is Cc1cc(-c2ccc(Cl)cc2)c2cc(C#CC(C)(C)N)ccc2c1. The Kier molecular flexibility index (Phi) is 4.37. The predicted octanol–water partition coefficient (Wildman–Crippen LogP) is 5.56. The Morgan fingerprint density at radius 2 is 1.67 bits per heavy atom. The van der Waals surface area contributed by atoms with Gasteiger partial charge in [-0.1, -0.05) is 53.8 Å². The maximum absolute atomic E-state index is 6.03. The van der Waals surface area contributed by atoms with Crippen LogP contribution in [0.5, 0.6) is 0 Å². The Balaban J connectivity index is 2.20. The molecule has 0 bridgehead atoms. The summed E-state index contributed by atoms with van der Waals surface area (Å²) in [5.74, 6) is 6.27. The predicted molar refractivity (Wildman–Crippen MR) is 104 cm³/mol. The fourth-order valence-electron chi connectivity index (χ4n) is 2.69. The first-order chi connectivity index (χ1) is 11.3. The van der Waals surface area contributed by atoms with Crippen LogP contribution in [-0.4, -0.2) is 5.54 Å². The van der Waals surface area contributed by atoms with E-state index in [1.165, 1.54) is 21.9 Å². The lowest BCUT2D eigenvalue weighted by atomic mass is 9.94. The van der Waals surface area contributed by atoms with Gasteiger partial charge in [-0.05, 0) is 72.5 Å². The van der Waals surface area contributed by atoms with Crippen LogP contribution in [-0.2, 0) is 0 Å². The fraction of sp³-hybridized carbons (Fsp3) is 0.182. The molecule has 3 aromatic rings. The van der Waals surface area contributed by atoms with Crippen LogP contribution >= 0.6 is 11.6 Å². The summed E-state index contributed by atoms with van der Waals surface area (Å²) >= 11 is 6.03. The fourth-order valence-corrected chi connectivity index (χ4v) is 2.81. The van der Waals surface area contributed by atoms with Crippen LogP contribution in [0.3, 0.4) is 0 Å². The average Bonchev–Trinajstić information content (AvgIpc) is 2.52. The van der Waals surface area contributed by atoms with Crippen molar-refractivity contribution in [2.45, 2.75) is 26.3 Å². The van der Waals surface area contributed by atoms with Gasteiger partial charge in [0.2, 0.25) is 0 Å². The maximum Gasteiger partial charge on any atom is 0.0722 e. The molecule has 0 aromatic heterocycles. The van der Waals surface area contributed by atoms with Gasteiger partial charge >= 0.3 is 0 Å². The highest BCUT2D eigenvalue weighted by atomic mass is 35.5. The van der Waals surface area contributed by atoms with Crippen molar-refractivity contribution in [1.82, 2.24) is 0 Å². The highest BCUT2D eigenvalue weighted by Crippen LogP contribution is 2.31. The van der Waals surface area contributed by atoms with Crippen LogP contribution in [0, 0.1) is 18.8 Å². The number of aryl methyl sites for hydroxylation is 1. The molecule has 3 rings (SSSR count). The topological polar surface area (TPSA) is 26.0 Å². The molecule has 2 N–H and O–H groups in total. The third kappa shape index (κ3) is 3.79. The number of hydrogen-bond donors (Lipinski definition) is 1. The monoisotopic (exact) mass is 333 g/mol. The molecule has 0 spiro atoms. The number of fused-ring (bicyclic) bond motifs is 1. The van der Waals surface area contributed by atoms with Crippen LogP contribution in [0.2, 0.25) is 5.02 Å². The molecule has 0 unspecified atom stereocenters. The molecular weight excluding hydrogens is 314 g/mol. The summed E-state index contributed by atoms with van der Waals surface area (Å²) < 4.78 is 0. The summed E-state index contributed by atoms with van der Waals surface area (Å²) in [4.78, 5) is 0. The van der Waals surface area contributed by atoms with Gasteiger partial charge < -0.3 is 5.73 Å². The second-order valence-electron chi connectivity index (χ2n) is 6.73. The zero-order chi connectivity index (χ0) is 17.3. The van der Waals surface area contributed by atoms with E-state index in [1.54, 1.807) is 0 Å². The normalized spacial score (nSPS) is 11.2. The lowest BCUT2D eigenvalue weighted by Gasteiger charge is -2.10. The van der Waals surface area contributed by atoms with E-state index in [0.29, 0.717) is 0 Å². The molecule has 2 heteroatoms. The average molecular weight is 334 g/mol. The van der Waals surface area contributed by atoms with Crippen molar-refractivity contribution >= 4 is 22.4 Å². The minimum atomic E-state index is -0.499. The van der Waals surface area contributed by atoms with Gasteiger partial charge in [0.05, 0.1) is 5.54 Å². The quantitative estimate of drug-likeness (QED) is 0.580. The van der Waals surface area contributed by atoms with Crippen molar-refractivity contribution in [3.8, 4) is 23.0 Å². The molecule has 0 amide bonds. The molecule has 0 saturated carbocycles. The van der Waals surface area contributed by atoms with Gasteiger partial charge in [-0.2, -0.15) is 0 Å². The van der Waals surface area contributed by atoms with Gasteiger partial charge in [-0.3, -0.25) is 0 Å². The smallest absolute Gasteiger partial charge is 0.0722 e. The lowest BCUT2D eigenvalue weighted by molar-refractivity contribution is 0.680. The van der Waals surface area contributed by atoms with Crippen molar-refractivity contribution in [2.75, 3.05) is 0 Å². The molecule has 120 valence electrons. The van der Waals surface area contributed by atoms with Gasteiger partial charge in [0.15, 0.2) is 0 Å². The molecule has 0 saturated heterocycles. The Morgan fingerprint density at radius 3 is 2.33 bits per heavy atom. The lowest BCUT2D eigenvalue weighted by Crippen LogP contribution is -2.29. The molecule has 0 aliphatic rings. The van der Waals surface area contributed by atoms with Crippen LogP contribution in [0.15, 0.2) is 54.6 Å². The van der Waals surface area contributed by atoms with Crippen LogP contribution in [0.1, 0.15) is 25.0 Å². The summed E-state index contributed by atoms with van der Waals surface area (Å²) in [6.45, 7) is 5.93. The number of rotatable bonds is 1. The molecule has 0 heterocycles. The van der Waals surface area contributed by atoms with E-state index >= 15 is 0 Å². The number of hydrogen-bond acceptors (Lipinski definition) is 1. The molecule has 0 aliphatic carbocycles.